The molecule has 0 N–H and O–H groups in total. The molecule has 3 saturated heterocycles. The number of hydrogen-bond donors (Lipinski definition) is 0. The second-order valence-electron chi connectivity index (χ2n) is 7.24. The van der Waals surface area contributed by atoms with E-state index in [0.29, 0.717) is 38.5 Å². The Morgan fingerprint density at radius 2 is 2.08 bits per heavy atom. The standard InChI is InChI=1S/C18H23N3O3/c22-16-11-18(13-21(16)15-3-1-2-7-19-15)6-8-20(12-18)17(23)14-4-9-24-10-5-14/h1-3,7,14H,4-6,8-13H2/t18-/m1/s1. The summed E-state index contributed by atoms with van der Waals surface area (Å²) in [6, 6.07) is 5.62. The minimum Gasteiger partial charge on any atom is -0.381 e. The summed E-state index contributed by atoms with van der Waals surface area (Å²) in [4.78, 5) is 33.3. The zero-order valence-electron chi connectivity index (χ0n) is 13.8. The van der Waals surface area contributed by atoms with Crippen LogP contribution >= 0.6 is 0 Å². The first-order valence-corrected chi connectivity index (χ1v) is 8.75. The Bertz CT molecular complexity index is 630. The van der Waals surface area contributed by atoms with Gasteiger partial charge in [-0.05, 0) is 31.4 Å². The van der Waals surface area contributed by atoms with Gasteiger partial charge in [0.25, 0.3) is 0 Å². The molecule has 4 heterocycles. The maximum Gasteiger partial charge on any atom is 0.228 e. The van der Waals surface area contributed by atoms with E-state index in [1.165, 1.54) is 0 Å². The second-order valence-corrected chi connectivity index (χ2v) is 7.24. The monoisotopic (exact) mass is 329 g/mol. The van der Waals surface area contributed by atoms with Gasteiger partial charge in [-0.1, -0.05) is 6.07 Å². The van der Waals surface area contributed by atoms with E-state index < -0.39 is 0 Å². The van der Waals surface area contributed by atoms with Gasteiger partial charge in [-0.25, -0.2) is 4.98 Å². The molecule has 0 radical (unpaired) electrons. The van der Waals surface area contributed by atoms with Crippen molar-refractivity contribution in [1.82, 2.24) is 9.88 Å². The molecule has 1 aromatic heterocycles. The first-order chi connectivity index (χ1) is 11.7. The molecule has 0 aliphatic carbocycles. The molecular formula is C18H23N3O3. The molecule has 1 aromatic rings. The van der Waals surface area contributed by atoms with Crippen molar-refractivity contribution in [2.75, 3.05) is 37.7 Å². The third-order valence-electron chi connectivity index (χ3n) is 5.57. The Hall–Kier alpha value is -1.95. The highest BCUT2D eigenvalue weighted by Crippen LogP contribution is 2.42. The summed E-state index contributed by atoms with van der Waals surface area (Å²) in [7, 11) is 0. The number of aromatic nitrogens is 1. The van der Waals surface area contributed by atoms with Crippen molar-refractivity contribution in [3.05, 3.63) is 24.4 Å². The molecule has 0 saturated carbocycles. The zero-order chi connectivity index (χ0) is 16.6. The lowest BCUT2D eigenvalue weighted by Crippen LogP contribution is -2.39. The normalized spacial score (nSPS) is 28.1. The fourth-order valence-corrected chi connectivity index (χ4v) is 4.22. The topological polar surface area (TPSA) is 62.7 Å². The van der Waals surface area contributed by atoms with E-state index in [-0.39, 0.29) is 23.1 Å². The van der Waals surface area contributed by atoms with Crippen molar-refractivity contribution in [2.24, 2.45) is 11.3 Å². The van der Waals surface area contributed by atoms with Crippen LogP contribution in [0.25, 0.3) is 0 Å². The van der Waals surface area contributed by atoms with E-state index in [9.17, 15) is 9.59 Å². The lowest BCUT2D eigenvalue weighted by atomic mass is 9.86. The molecule has 1 atom stereocenters. The average molecular weight is 329 g/mol. The second kappa shape index (κ2) is 6.16. The third kappa shape index (κ3) is 2.79. The molecule has 0 bridgehead atoms. The minimum absolute atomic E-state index is 0.0953. The Labute approximate surface area is 141 Å². The van der Waals surface area contributed by atoms with E-state index >= 15 is 0 Å². The lowest BCUT2D eigenvalue weighted by Gasteiger charge is -2.28. The van der Waals surface area contributed by atoms with Crippen molar-refractivity contribution >= 4 is 17.6 Å². The highest BCUT2D eigenvalue weighted by molar-refractivity contribution is 5.95. The van der Waals surface area contributed by atoms with Crippen LogP contribution in [0.2, 0.25) is 0 Å². The van der Waals surface area contributed by atoms with Crippen LogP contribution in [0, 0.1) is 11.3 Å². The smallest absolute Gasteiger partial charge is 0.228 e. The Morgan fingerprint density at radius 1 is 1.25 bits per heavy atom. The lowest BCUT2D eigenvalue weighted by molar-refractivity contribution is -0.138. The third-order valence-corrected chi connectivity index (χ3v) is 5.57. The summed E-state index contributed by atoms with van der Waals surface area (Å²) in [5, 5.41) is 0. The number of rotatable bonds is 2. The quantitative estimate of drug-likeness (QED) is 0.824. The number of amides is 2. The highest BCUT2D eigenvalue weighted by Gasteiger charge is 2.49. The number of ether oxygens (including phenoxy) is 1. The first-order valence-electron chi connectivity index (χ1n) is 8.75. The number of carbonyl (C=O) groups is 2. The van der Waals surface area contributed by atoms with Gasteiger partial charge in [0.1, 0.15) is 5.82 Å². The summed E-state index contributed by atoms with van der Waals surface area (Å²) in [6.07, 6.45) is 4.77. The number of carbonyl (C=O) groups excluding carboxylic acids is 2. The van der Waals surface area contributed by atoms with E-state index in [2.05, 4.69) is 4.98 Å². The van der Waals surface area contributed by atoms with Gasteiger partial charge < -0.3 is 9.64 Å². The van der Waals surface area contributed by atoms with E-state index in [0.717, 1.165) is 25.8 Å². The molecule has 128 valence electrons. The molecule has 6 heteroatoms. The minimum atomic E-state index is -0.102. The van der Waals surface area contributed by atoms with E-state index in [4.69, 9.17) is 4.74 Å². The Kier molecular flexibility index (Phi) is 4.00. The zero-order valence-corrected chi connectivity index (χ0v) is 13.8. The van der Waals surface area contributed by atoms with Crippen LogP contribution in [0.4, 0.5) is 5.82 Å². The van der Waals surface area contributed by atoms with Gasteiger partial charge in [-0.15, -0.1) is 0 Å². The van der Waals surface area contributed by atoms with Crippen LogP contribution < -0.4 is 4.90 Å². The summed E-state index contributed by atoms with van der Waals surface area (Å²) in [5.74, 6) is 1.18. The van der Waals surface area contributed by atoms with Crippen LogP contribution in [-0.2, 0) is 14.3 Å². The summed E-state index contributed by atoms with van der Waals surface area (Å²) in [5.41, 5.74) is -0.102. The van der Waals surface area contributed by atoms with Crippen LogP contribution in [0.3, 0.4) is 0 Å². The SMILES string of the molecule is O=C(C1CCOCC1)N1CC[C@@]2(CC(=O)N(c3ccccn3)C2)C1. The molecule has 0 aromatic carbocycles. The van der Waals surface area contributed by atoms with Gasteiger partial charge >= 0.3 is 0 Å². The van der Waals surface area contributed by atoms with Gasteiger partial charge in [-0.3, -0.25) is 14.5 Å². The van der Waals surface area contributed by atoms with Gasteiger partial charge in [0.2, 0.25) is 11.8 Å². The molecule has 24 heavy (non-hydrogen) atoms. The van der Waals surface area contributed by atoms with Crippen molar-refractivity contribution in [3.63, 3.8) is 0 Å². The molecule has 1 spiro atoms. The molecule has 3 aliphatic rings. The molecule has 3 aliphatic heterocycles. The number of anilines is 1. The number of hydrogen-bond acceptors (Lipinski definition) is 4. The van der Waals surface area contributed by atoms with Crippen LogP contribution in [0.15, 0.2) is 24.4 Å². The predicted molar refractivity (Wildman–Crippen MR) is 88.4 cm³/mol. The number of nitrogens with zero attached hydrogens (tertiary/aromatic N) is 3. The summed E-state index contributed by atoms with van der Waals surface area (Å²) in [6.45, 7) is 3.49. The maximum atomic E-state index is 12.7. The van der Waals surface area contributed by atoms with Crippen molar-refractivity contribution in [3.8, 4) is 0 Å². The van der Waals surface area contributed by atoms with Crippen LogP contribution in [0.1, 0.15) is 25.7 Å². The Balaban J connectivity index is 1.44. The molecule has 4 rings (SSSR count). The largest absolute Gasteiger partial charge is 0.381 e. The average Bonchev–Trinajstić information content (AvgIpc) is 3.19. The first kappa shape index (κ1) is 15.6. The van der Waals surface area contributed by atoms with Gasteiger partial charge in [0.05, 0.1) is 0 Å². The van der Waals surface area contributed by atoms with Crippen LogP contribution in [-0.4, -0.2) is 54.5 Å². The number of pyridine rings is 1. The summed E-state index contributed by atoms with van der Waals surface area (Å²) < 4.78 is 5.35. The molecule has 6 nitrogen and oxygen atoms in total. The number of likely N-dealkylation sites (tertiary alicyclic amines) is 1. The van der Waals surface area contributed by atoms with Gasteiger partial charge in [0, 0.05) is 56.8 Å². The molecule has 2 amide bonds. The maximum absolute atomic E-state index is 12.7. The van der Waals surface area contributed by atoms with Crippen molar-refractivity contribution in [1.29, 1.82) is 0 Å². The fraction of sp³-hybridized carbons (Fsp3) is 0.611. The predicted octanol–water partition coefficient (Wildman–Crippen LogP) is 1.46. The van der Waals surface area contributed by atoms with Gasteiger partial charge in [0.15, 0.2) is 0 Å². The van der Waals surface area contributed by atoms with Gasteiger partial charge in [-0.2, -0.15) is 0 Å². The fourth-order valence-electron chi connectivity index (χ4n) is 4.22. The van der Waals surface area contributed by atoms with Crippen LogP contribution in [0.5, 0.6) is 0 Å². The van der Waals surface area contributed by atoms with E-state index in [1.807, 2.05) is 23.1 Å². The summed E-state index contributed by atoms with van der Waals surface area (Å²) >= 11 is 0. The molecule has 3 fully saturated rings. The molecule has 0 unspecified atom stereocenters. The molecular weight excluding hydrogens is 306 g/mol. The van der Waals surface area contributed by atoms with Crippen molar-refractivity contribution < 1.29 is 14.3 Å². The van der Waals surface area contributed by atoms with Crippen molar-refractivity contribution in [2.45, 2.75) is 25.7 Å². The highest BCUT2D eigenvalue weighted by atomic mass is 16.5. The van der Waals surface area contributed by atoms with E-state index in [1.54, 1.807) is 11.1 Å². The Morgan fingerprint density at radius 3 is 2.83 bits per heavy atom.